The van der Waals surface area contributed by atoms with Crippen LogP contribution in [0.1, 0.15) is 33.6 Å². The molecule has 0 aliphatic carbocycles. The number of likely N-dealkylation sites (tertiary alicyclic amines) is 1. The van der Waals surface area contributed by atoms with Gasteiger partial charge in [-0.1, -0.05) is 0 Å². The zero-order chi connectivity index (χ0) is 19.6. The minimum atomic E-state index is -0.560. The molecule has 2 heterocycles. The van der Waals surface area contributed by atoms with Gasteiger partial charge < -0.3 is 4.90 Å². The minimum absolute atomic E-state index is 0.198. The largest absolute Gasteiger partial charge is 0.367 e. The van der Waals surface area contributed by atoms with Crippen LogP contribution in [0.4, 0.5) is 15.8 Å². The van der Waals surface area contributed by atoms with E-state index in [4.69, 9.17) is 0 Å². The van der Waals surface area contributed by atoms with Crippen LogP contribution in [0.2, 0.25) is 0 Å². The van der Waals surface area contributed by atoms with Crippen molar-refractivity contribution in [1.82, 2.24) is 9.80 Å². The van der Waals surface area contributed by atoms with Crippen LogP contribution in [0.15, 0.2) is 18.2 Å². The van der Waals surface area contributed by atoms with E-state index in [9.17, 15) is 14.5 Å². The van der Waals surface area contributed by atoms with E-state index in [-0.39, 0.29) is 11.2 Å². The first-order valence-electron chi connectivity index (χ1n) is 9.90. The Morgan fingerprint density at radius 3 is 2.26 bits per heavy atom. The van der Waals surface area contributed by atoms with Gasteiger partial charge in [-0.3, -0.25) is 19.9 Å². The topological polar surface area (TPSA) is 52.9 Å². The number of benzene rings is 1. The SMILES string of the molecule is CC(C)(C)N1CCC(CN2CCN(c3ccc([N+](=O)[O-])cc3F)CC2)CC1. The van der Waals surface area contributed by atoms with Crippen LogP contribution >= 0.6 is 0 Å². The van der Waals surface area contributed by atoms with Crippen molar-refractivity contribution in [2.24, 2.45) is 5.92 Å². The summed E-state index contributed by atoms with van der Waals surface area (Å²) in [4.78, 5) is 17.3. The molecule has 1 aromatic carbocycles. The van der Waals surface area contributed by atoms with Crippen molar-refractivity contribution in [2.75, 3.05) is 50.7 Å². The molecule has 0 spiro atoms. The third-order valence-corrected chi connectivity index (χ3v) is 5.93. The van der Waals surface area contributed by atoms with Crippen LogP contribution in [-0.4, -0.2) is 66.1 Å². The summed E-state index contributed by atoms with van der Waals surface area (Å²) in [6, 6.07) is 3.93. The second-order valence-electron chi connectivity index (χ2n) is 8.78. The number of hydrogen-bond acceptors (Lipinski definition) is 5. The molecule has 27 heavy (non-hydrogen) atoms. The Balaban J connectivity index is 1.48. The fraction of sp³-hybridized carbons (Fsp3) is 0.700. The van der Waals surface area contributed by atoms with E-state index in [0.29, 0.717) is 5.69 Å². The molecule has 2 aliphatic rings. The highest BCUT2D eigenvalue weighted by Crippen LogP contribution is 2.27. The maximum absolute atomic E-state index is 14.2. The van der Waals surface area contributed by atoms with Gasteiger partial charge in [0.25, 0.3) is 5.69 Å². The zero-order valence-corrected chi connectivity index (χ0v) is 16.7. The highest BCUT2D eigenvalue weighted by Gasteiger charge is 2.29. The molecule has 0 atom stereocenters. The first kappa shape index (κ1) is 20.0. The van der Waals surface area contributed by atoms with Crippen LogP contribution < -0.4 is 4.90 Å². The first-order valence-corrected chi connectivity index (χ1v) is 9.90. The lowest BCUT2D eigenvalue weighted by Crippen LogP contribution is -2.50. The number of non-ortho nitro benzene ring substituents is 1. The number of hydrogen-bond donors (Lipinski definition) is 0. The van der Waals surface area contributed by atoms with Gasteiger partial charge in [-0.25, -0.2) is 4.39 Å². The van der Waals surface area contributed by atoms with Gasteiger partial charge >= 0.3 is 0 Å². The van der Waals surface area contributed by atoms with Crippen LogP contribution in [0, 0.1) is 21.8 Å². The lowest BCUT2D eigenvalue weighted by atomic mass is 9.92. The number of nitrogens with zero attached hydrogens (tertiary/aromatic N) is 4. The Morgan fingerprint density at radius 1 is 1.11 bits per heavy atom. The Kier molecular flexibility index (Phi) is 6.01. The number of nitro groups is 1. The molecule has 0 amide bonds. The number of halogens is 1. The summed E-state index contributed by atoms with van der Waals surface area (Å²) in [5, 5.41) is 10.8. The molecule has 0 aromatic heterocycles. The number of rotatable bonds is 4. The van der Waals surface area contributed by atoms with Gasteiger partial charge in [0.2, 0.25) is 0 Å². The molecular weight excluding hydrogens is 347 g/mol. The van der Waals surface area contributed by atoms with Gasteiger partial charge in [0.1, 0.15) is 0 Å². The van der Waals surface area contributed by atoms with Gasteiger partial charge in [0.15, 0.2) is 5.82 Å². The summed E-state index contributed by atoms with van der Waals surface area (Å²) >= 11 is 0. The van der Waals surface area contributed by atoms with Crippen molar-refractivity contribution in [3.05, 3.63) is 34.1 Å². The molecule has 3 rings (SSSR count). The number of piperazine rings is 1. The highest BCUT2D eigenvalue weighted by atomic mass is 19.1. The summed E-state index contributed by atoms with van der Waals surface area (Å²) in [5.41, 5.74) is 0.529. The van der Waals surface area contributed by atoms with Crippen LogP contribution in [-0.2, 0) is 0 Å². The van der Waals surface area contributed by atoms with Crippen LogP contribution in [0.5, 0.6) is 0 Å². The molecule has 2 aliphatic heterocycles. The Labute approximate surface area is 161 Å². The molecule has 0 radical (unpaired) electrons. The molecule has 6 nitrogen and oxygen atoms in total. The van der Waals surface area contributed by atoms with Gasteiger partial charge in [-0.05, 0) is 58.7 Å². The normalized spacial score (nSPS) is 20.8. The average molecular weight is 378 g/mol. The van der Waals surface area contributed by atoms with Gasteiger partial charge in [-0.2, -0.15) is 0 Å². The maximum atomic E-state index is 14.2. The smallest absolute Gasteiger partial charge is 0.272 e. The monoisotopic (exact) mass is 378 g/mol. The average Bonchev–Trinajstić information content (AvgIpc) is 2.62. The number of nitro benzene ring substituents is 1. The molecule has 2 fully saturated rings. The van der Waals surface area contributed by atoms with Crippen molar-refractivity contribution in [3.8, 4) is 0 Å². The fourth-order valence-corrected chi connectivity index (χ4v) is 4.19. The molecular formula is C20H31FN4O2. The van der Waals surface area contributed by atoms with E-state index < -0.39 is 10.7 Å². The first-order chi connectivity index (χ1) is 12.7. The summed E-state index contributed by atoms with van der Waals surface area (Å²) in [7, 11) is 0. The lowest BCUT2D eigenvalue weighted by molar-refractivity contribution is -0.385. The van der Waals surface area contributed by atoms with Crippen molar-refractivity contribution in [2.45, 2.75) is 39.2 Å². The second-order valence-corrected chi connectivity index (χ2v) is 8.78. The van der Waals surface area contributed by atoms with Crippen molar-refractivity contribution < 1.29 is 9.31 Å². The van der Waals surface area contributed by atoms with E-state index in [0.717, 1.165) is 44.7 Å². The van der Waals surface area contributed by atoms with Crippen LogP contribution in [0.25, 0.3) is 0 Å². The van der Waals surface area contributed by atoms with Gasteiger partial charge in [-0.15, -0.1) is 0 Å². The summed E-state index contributed by atoms with van der Waals surface area (Å²) < 4.78 is 14.2. The van der Waals surface area contributed by atoms with Gasteiger partial charge in [0, 0.05) is 44.3 Å². The van der Waals surface area contributed by atoms with E-state index in [1.54, 1.807) is 0 Å². The van der Waals surface area contributed by atoms with Crippen molar-refractivity contribution >= 4 is 11.4 Å². The fourth-order valence-electron chi connectivity index (χ4n) is 4.19. The van der Waals surface area contributed by atoms with E-state index in [1.165, 1.54) is 38.1 Å². The summed E-state index contributed by atoms with van der Waals surface area (Å²) in [5.74, 6) is 0.235. The zero-order valence-electron chi connectivity index (χ0n) is 16.7. The molecule has 150 valence electrons. The third-order valence-electron chi connectivity index (χ3n) is 5.93. The maximum Gasteiger partial charge on any atom is 0.272 e. The second kappa shape index (κ2) is 8.10. The molecule has 7 heteroatoms. The molecule has 1 aromatic rings. The molecule has 0 saturated carbocycles. The Bertz CT molecular complexity index is 660. The predicted molar refractivity (Wildman–Crippen MR) is 106 cm³/mol. The predicted octanol–water partition coefficient (Wildman–Crippen LogP) is 3.37. The summed E-state index contributed by atoms with van der Waals surface area (Å²) in [6.45, 7) is 13.6. The van der Waals surface area contributed by atoms with Gasteiger partial charge in [0.05, 0.1) is 16.7 Å². The van der Waals surface area contributed by atoms with Crippen LogP contribution in [0.3, 0.4) is 0 Å². The van der Waals surface area contributed by atoms with E-state index in [2.05, 4.69) is 30.6 Å². The quantitative estimate of drug-likeness (QED) is 0.594. The summed E-state index contributed by atoms with van der Waals surface area (Å²) in [6.07, 6.45) is 2.49. The number of piperidine rings is 1. The standard InChI is InChI=1S/C20H31FN4O2/c1-20(2,3)24-8-6-16(7-9-24)15-22-10-12-23(13-11-22)19-5-4-17(25(26)27)14-18(19)21/h4-5,14,16H,6-13,15H2,1-3H3. The Hall–Kier alpha value is -1.73. The minimum Gasteiger partial charge on any atom is -0.367 e. The molecule has 0 bridgehead atoms. The Morgan fingerprint density at radius 2 is 1.74 bits per heavy atom. The number of anilines is 1. The molecule has 2 saturated heterocycles. The highest BCUT2D eigenvalue weighted by molar-refractivity contribution is 5.52. The van der Waals surface area contributed by atoms with E-state index in [1.807, 2.05) is 4.90 Å². The van der Waals surface area contributed by atoms with E-state index >= 15 is 0 Å². The molecule has 0 unspecified atom stereocenters. The van der Waals surface area contributed by atoms with Crippen molar-refractivity contribution in [3.63, 3.8) is 0 Å². The third kappa shape index (κ3) is 4.96. The lowest BCUT2D eigenvalue weighted by Gasteiger charge is -2.43. The molecule has 0 N–H and O–H groups in total. The van der Waals surface area contributed by atoms with Crippen molar-refractivity contribution in [1.29, 1.82) is 0 Å².